The normalized spacial score (nSPS) is 17.4. The van der Waals surface area contributed by atoms with Crippen LogP contribution in [0.25, 0.3) is 10.9 Å². The van der Waals surface area contributed by atoms with Crippen LogP contribution in [0.1, 0.15) is 5.56 Å². The number of carbonyl (C=O) groups excluding carboxylic acids is 1. The van der Waals surface area contributed by atoms with Crippen molar-refractivity contribution in [1.82, 2.24) is 15.2 Å². The largest absolute Gasteiger partial charge is 0.361 e. The number of hydrogen-bond donors (Lipinski definition) is 3. The van der Waals surface area contributed by atoms with Crippen molar-refractivity contribution in [2.24, 2.45) is 5.73 Å². The molecule has 5 heteroatoms. The molecule has 2 aromatic rings. The number of benzene rings is 1. The van der Waals surface area contributed by atoms with E-state index in [2.05, 4.69) is 16.4 Å². The van der Waals surface area contributed by atoms with Crippen molar-refractivity contribution < 1.29 is 4.79 Å². The molecule has 1 aliphatic heterocycles. The van der Waals surface area contributed by atoms with Crippen LogP contribution in [0.15, 0.2) is 30.5 Å². The number of nitrogens with zero attached hydrogens (tertiary/aromatic N) is 1. The van der Waals surface area contributed by atoms with Crippen LogP contribution >= 0.6 is 0 Å². The van der Waals surface area contributed by atoms with Gasteiger partial charge in [-0.2, -0.15) is 0 Å². The van der Waals surface area contributed by atoms with E-state index >= 15 is 0 Å². The van der Waals surface area contributed by atoms with E-state index in [4.69, 9.17) is 5.73 Å². The minimum Gasteiger partial charge on any atom is -0.361 e. The number of rotatable bonds is 3. The highest BCUT2D eigenvalue weighted by atomic mass is 16.2. The Balaban J connectivity index is 1.71. The number of carbonyl (C=O) groups is 1. The van der Waals surface area contributed by atoms with Gasteiger partial charge in [0.05, 0.1) is 6.04 Å². The smallest absolute Gasteiger partial charge is 0.239 e. The van der Waals surface area contributed by atoms with Crippen molar-refractivity contribution in [3.8, 4) is 0 Å². The van der Waals surface area contributed by atoms with Crippen molar-refractivity contribution in [3.63, 3.8) is 0 Å². The fourth-order valence-corrected chi connectivity index (χ4v) is 2.74. The molecule has 1 amide bonds. The van der Waals surface area contributed by atoms with Crippen LogP contribution < -0.4 is 11.1 Å². The van der Waals surface area contributed by atoms with Crippen molar-refractivity contribution in [3.05, 3.63) is 36.0 Å². The number of aromatic amines is 1. The standard InChI is InChI=1S/C15H20N4O/c16-13(15(20)19-7-5-17-6-8-19)9-11-10-18-14-4-2-1-3-12(11)14/h1-4,10,13,17-18H,5-9,16H2. The van der Waals surface area contributed by atoms with E-state index in [1.54, 1.807) is 0 Å². The fourth-order valence-electron chi connectivity index (χ4n) is 2.74. The van der Waals surface area contributed by atoms with Crippen LogP contribution in [-0.4, -0.2) is 48.0 Å². The zero-order valence-corrected chi connectivity index (χ0v) is 11.4. The molecule has 5 nitrogen and oxygen atoms in total. The molecule has 0 aliphatic carbocycles. The third kappa shape index (κ3) is 2.55. The zero-order valence-electron chi connectivity index (χ0n) is 11.4. The summed E-state index contributed by atoms with van der Waals surface area (Å²) in [5.74, 6) is 0.0526. The van der Waals surface area contributed by atoms with Gasteiger partial charge in [0.15, 0.2) is 0 Å². The topological polar surface area (TPSA) is 74.2 Å². The van der Waals surface area contributed by atoms with E-state index in [9.17, 15) is 4.79 Å². The van der Waals surface area contributed by atoms with Gasteiger partial charge in [0.2, 0.25) is 5.91 Å². The van der Waals surface area contributed by atoms with Gasteiger partial charge in [-0.25, -0.2) is 0 Å². The molecule has 1 aromatic carbocycles. The second-order valence-electron chi connectivity index (χ2n) is 5.25. The van der Waals surface area contributed by atoms with E-state index < -0.39 is 6.04 Å². The summed E-state index contributed by atoms with van der Waals surface area (Å²) in [6.07, 6.45) is 2.53. The molecule has 1 saturated heterocycles. The number of piperazine rings is 1. The first-order valence-corrected chi connectivity index (χ1v) is 7.06. The summed E-state index contributed by atoms with van der Waals surface area (Å²) >= 11 is 0. The zero-order chi connectivity index (χ0) is 13.9. The van der Waals surface area contributed by atoms with E-state index in [-0.39, 0.29) is 5.91 Å². The molecule has 0 spiro atoms. The van der Waals surface area contributed by atoms with E-state index in [0.29, 0.717) is 6.42 Å². The van der Waals surface area contributed by atoms with E-state index in [1.807, 2.05) is 29.3 Å². The molecule has 1 atom stereocenters. The first kappa shape index (κ1) is 13.1. The predicted molar refractivity (Wildman–Crippen MR) is 79.4 cm³/mol. The Labute approximate surface area is 118 Å². The molecule has 1 aliphatic rings. The molecule has 106 valence electrons. The van der Waals surface area contributed by atoms with Crippen molar-refractivity contribution in [1.29, 1.82) is 0 Å². The first-order chi connectivity index (χ1) is 9.75. The lowest BCUT2D eigenvalue weighted by atomic mass is 10.0. The molecule has 3 rings (SSSR count). The number of fused-ring (bicyclic) bond motifs is 1. The Hall–Kier alpha value is -1.85. The highest BCUT2D eigenvalue weighted by Gasteiger charge is 2.23. The predicted octanol–water partition coefficient (Wildman–Crippen LogP) is 0.470. The number of aromatic nitrogens is 1. The van der Waals surface area contributed by atoms with Crippen LogP contribution in [0.3, 0.4) is 0 Å². The van der Waals surface area contributed by atoms with Gasteiger partial charge in [0.1, 0.15) is 0 Å². The number of nitrogens with one attached hydrogen (secondary N) is 2. The Morgan fingerprint density at radius 3 is 2.85 bits per heavy atom. The van der Waals surface area contributed by atoms with Gasteiger partial charge in [0, 0.05) is 43.3 Å². The minimum absolute atomic E-state index is 0.0526. The molecular formula is C15H20N4O. The first-order valence-electron chi connectivity index (χ1n) is 7.06. The second-order valence-corrected chi connectivity index (χ2v) is 5.25. The molecule has 4 N–H and O–H groups in total. The van der Waals surface area contributed by atoms with Gasteiger partial charge in [-0.3, -0.25) is 4.79 Å². The lowest BCUT2D eigenvalue weighted by molar-refractivity contribution is -0.133. The monoisotopic (exact) mass is 272 g/mol. The molecule has 1 fully saturated rings. The molecular weight excluding hydrogens is 252 g/mol. The summed E-state index contributed by atoms with van der Waals surface area (Å²) in [6.45, 7) is 3.21. The summed E-state index contributed by atoms with van der Waals surface area (Å²) in [5, 5.41) is 4.39. The molecule has 0 bridgehead atoms. The summed E-state index contributed by atoms with van der Waals surface area (Å²) in [5.41, 5.74) is 8.30. The average molecular weight is 272 g/mol. The van der Waals surface area contributed by atoms with Crippen LogP contribution in [-0.2, 0) is 11.2 Å². The van der Waals surface area contributed by atoms with Crippen LogP contribution in [0.5, 0.6) is 0 Å². The summed E-state index contributed by atoms with van der Waals surface area (Å²) < 4.78 is 0. The maximum atomic E-state index is 12.3. The van der Waals surface area contributed by atoms with Gasteiger partial charge in [-0.15, -0.1) is 0 Å². The highest BCUT2D eigenvalue weighted by Crippen LogP contribution is 2.19. The highest BCUT2D eigenvalue weighted by molar-refractivity contribution is 5.86. The maximum Gasteiger partial charge on any atom is 0.239 e. The minimum atomic E-state index is -0.465. The van der Waals surface area contributed by atoms with Crippen molar-refractivity contribution in [2.45, 2.75) is 12.5 Å². The lowest BCUT2D eigenvalue weighted by Gasteiger charge is -2.29. The third-order valence-corrected chi connectivity index (χ3v) is 3.86. The number of H-pyrrole nitrogens is 1. The van der Waals surface area contributed by atoms with Gasteiger partial charge in [-0.05, 0) is 18.1 Å². The van der Waals surface area contributed by atoms with Gasteiger partial charge in [0.25, 0.3) is 0 Å². The van der Waals surface area contributed by atoms with Crippen molar-refractivity contribution >= 4 is 16.8 Å². The Bertz CT molecular complexity index is 601. The maximum absolute atomic E-state index is 12.3. The van der Waals surface area contributed by atoms with Crippen LogP contribution in [0.4, 0.5) is 0 Å². The quantitative estimate of drug-likeness (QED) is 0.760. The number of amides is 1. The van der Waals surface area contributed by atoms with Crippen LogP contribution in [0, 0.1) is 0 Å². The van der Waals surface area contributed by atoms with Gasteiger partial charge >= 0.3 is 0 Å². The molecule has 2 heterocycles. The molecule has 0 saturated carbocycles. The van der Waals surface area contributed by atoms with E-state index in [0.717, 1.165) is 42.6 Å². The SMILES string of the molecule is NC(Cc1c[nH]c2ccccc12)C(=O)N1CCNCC1. The lowest BCUT2D eigenvalue weighted by Crippen LogP contribution is -2.52. The summed E-state index contributed by atoms with van der Waals surface area (Å²) in [7, 11) is 0. The number of hydrogen-bond acceptors (Lipinski definition) is 3. The average Bonchev–Trinajstić information content (AvgIpc) is 2.91. The van der Waals surface area contributed by atoms with Crippen LogP contribution in [0.2, 0.25) is 0 Å². The Kier molecular flexibility index (Phi) is 3.71. The molecule has 0 radical (unpaired) electrons. The van der Waals surface area contributed by atoms with Gasteiger partial charge < -0.3 is 20.9 Å². The fraction of sp³-hybridized carbons (Fsp3) is 0.400. The van der Waals surface area contributed by atoms with Gasteiger partial charge in [-0.1, -0.05) is 18.2 Å². The number of para-hydroxylation sites is 1. The molecule has 1 aromatic heterocycles. The molecule has 20 heavy (non-hydrogen) atoms. The Morgan fingerprint density at radius 2 is 2.05 bits per heavy atom. The second kappa shape index (κ2) is 5.64. The van der Waals surface area contributed by atoms with E-state index in [1.165, 1.54) is 0 Å². The molecule has 1 unspecified atom stereocenters. The third-order valence-electron chi connectivity index (χ3n) is 3.86. The van der Waals surface area contributed by atoms with Crippen molar-refractivity contribution in [2.75, 3.05) is 26.2 Å². The number of nitrogens with two attached hydrogens (primary N) is 1. The summed E-state index contributed by atoms with van der Waals surface area (Å²) in [4.78, 5) is 17.4. The Morgan fingerprint density at radius 1 is 1.30 bits per heavy atom. The summed E-state index contributed by atoms with van der Waals surface area (Å²) in [6, 6.07) is 7.62.